The van der Waals surface area contributed by atoms with Crippen LogP contribution in [0.25, 0.3) is 33.5 Å². The van der Waals surface area contributed by atoms with Gasteiger partial charge in [-0.05, 0) is 67.8 Å². The molecule has 5 heterocycles. The molecule has 2 amide bonds. The first-order chi connectivity index (χ1) is 24.8. The van der Waals surface area contributed by atoms with Crippen LogP contribution in [0.5, 0.6) is 0 Å². The van der Waals surface area contributed by atoms with Crippen molar-refractivity contribution in [1.82, 2.24) is 34.9 Å². The second-order valence-corrected chi connectivity index (χ2v) is 14.2. The highest BCUT2D eigenvalue weighted by molar-refractivity contribution is 6.00. The topological polar surface area (TPSA) is 129 Å². The van der Waals surface area contributed by atoms with Gasteiger partial charge >= 0.3 is 0 Å². The number of pyridine rings is 1. The van der Waals surface area contributed by atoms with Gasteiger partial charge in [-0.2, -0.15) is 5.10 Å². The Labute approximate surface area is 295 Å². The van der Waals surface area contributed by atoms with Crippen molar-refractivity contribution >= 4 is 28.4 Å². The average molecular weight is 689 g/mol. The van der Waals surface area contributed by atoms with Crippen molar-refractivity contribution in [3.05, 3.63) is 90.5 Å². The lowest BCUT2D eigenvalue weighted by Gasteiger charge is -2.37. The number of H-pyrrole nitrogens is 1. The third-order valence-corrected chi connectivity index (χ3v) is 10.7. The van der Waals surface area contributed by atoms with Crippen LogP contribution < -0.4 is 5.32 Å². The number of likely N-dealkylation sites (tertiary alicyclic amines) is 2. The Balaban J connectivity index is 0.891. The zero-order chi connectivity index (χ0) is 35.0. The first kappa shape index (κ1) is 33.1. The molecular formula is C39H41FN8O3. The van der Waals surface area contributed by atoms with Crippen molar-refractivity contribution in [3.8, 4) is 22.6 Å². The summed E-state index contributed by atoms with van der Waals surface area (Å²) in [6.07, 6.45) is 8.54. The van der Waals surface area contributed by atoms with Crippen LogP contribution in [0.3, 0.4) is 0 Å². The number of hydrogen-bond acceptors (Lipinski definition) is 8. The molecule has 1 atom stereocenters. The Morgan fingerprint density at radius 2 is 1.73 bits per heavy atom. The second-order valence-electron chi connectivity index (χ2n) is 14.2. The molecule has 0 bridgehead atoms. The highest BCUT2D eigenvalue weighted by atomic mass is 19.1. The number of hydrogen-bond donors (Lipinski definition) is 2. The Morgan fingerprint density at radius 3 is 2.47 bits per heavy atom. The maximum Gasteiger partial charge on any atom is 0.236 e. The summed E-state index contributed by atoms with van der Waals surface area (Å²) in [4.78, 5) is 44.2. The number of fused-ring (bicyclic) bond motifs is 1. The molecule has 8 rings (SSSR count). The zero-order valence-corrected chi connectivity index (χ0v) is 28.6. The van der Waals surface area contributed by atoms with Crippen molar-refractivity contribution in [2.75, 3.05) is 51.8 Å². The SMILES string of the molecule is COC[C@@]1(C(=O)Nc2ccc3[nH]nc(-c4ccnc(C5CC5)c4)c3c2)CCN(CC(=O)N2CCC(F)(c3ccc(-c4ncccn4)cc3)CC2)C1. The van der Waals surface area contributed by atoms with E-state index in [4.69, 9.17) is 4.74 Å². The van der Waals surface area contributed by atoms with E-state index >= 15 is 4.39 Å². The second kappa shape index (κ2) is 13.6. The number of halogens is 1. The van der Waals surface area contributed by atoms with Crippen LogP contribution in [0, 0.1) is 5.41 Å². The summed E-state index contributed by atoms with van der Waals surface area (Å²) >= 11 is 0. The molecule has 51 heavy (non-hydrogen) atoms. The fourth-order valence-electron chi connectivity index (χ4n) is 7.57. The number of amides is 2. The number of carbonyl (C=O) groups is 2. The third kappa shape index (κ3) is 6.73. The fraction of sp³-hybridized carbons (Fsp3) is 0.385. The largest absolute Gasteiger partial charge is 0.384 e. The number of nitrogens with zero attached hydrogens (tertiary/aromatic N) is 6. The first-order valence-electron chi connectivity index (χ1n) is 17.6. The summed E-state index contributed by atoms with van der Waals surface area (Å²) < 4.78 is 21.7. The molecule has 262 valence electrons. The molecule has 3 aromatic heterocycles. The van der Waals surface area contributed by atoms with Gasteiger partial charge in [0.2, 0.25) is 11.8 Å². The van der Waals surface area contributed by atoms with Gasteiger partial charge in [0.15, 0.2) is 5.82 Å². The predicted molar refractivity (Wildman–Crippen MR) is 191 cm³/mol. The number of ether oxygens (including phenoxy) is 1. The maximum absolute atomic E-state index is 16.1. The van der Waals surface area contributed by atoms with E-state index in [-0.39, 0.29) is 37.8 Å². The normalized spacial score (nSPS) is 20.5. The number of aromatic amines is 1. The summed E-state index contributed by atoms with van der Waals surface area (Å²) in [5.41, 5.74) is 3.56. The van der Waals surface area contributed by atoms with E-state index in [1.807, 2.05) is 47.5 Å². The molecule has 1 aliphatic carbocycles. The monoisotopic (exact) mass is 688 g/mol. The molecule has 2 N–H and O–H groups in total. The molecule has 1 saturated carbocycles. The molecule has 0 spiro atoms. The molecular weight excluding hydrogens is 647 g/mol. The van der Waals surface area contributed by atoms with Crippen molar-refractivity contribution in [3.63, 3.8) is 0 Å². The number of carbonyl (C=O) groups excluding carboxylic acids is 2. The number of aromatic nitrogens is 5. The van der Waals surface area contributed by atoms with Crippen LogP contribution in [0.1, 0.15) is 49.3 Å². The summed E-state index contributed by atoms with van der Waals surface area (Å²) in [6, 6.07) is 18.9. The maximum atomic E-state index is 16.1. The van der Waals surface area contributed by atoms with Crippen molar-refractivity contribution in [1.29, 1.82) is 0 Å². The minimum atomic E-state index is -1.51. The summed E-state index contributed by atoms with van der Waals surface area (Å²) in [5, 5.41) is 11.8. The Morgan fingerprint density at radius 1 is 0.941 bits per heavy atom. The van der Waals surface area contributed by atoms with Crippen molar-refractivity contribution in [2.45, 2.75) is 43.7 Å². The number of anilines is 1. The summed E-state index contributed by atoms with van der Waals surface area (Å²) in [6.45, 7) is 2.02. The lowest BCUT2D eigenvalue weighted by atomic mass is 9.85. The Bertz CT molecular complexity index is 2040. The summed E-state index contributed by atoms with van der Waals surface area (Å²) in [5.74, 6) is 0.929. The molecule has 0 radical (unpaired) electrons. The van der Waals surface area contributed by atoms with Crippen LogP contribution in [0.15, 0.2) is 79.3 Å². The third-order valence-electron chi connectivity index (χ3n) is 10.7. The van der Waals surface area contributed by atoms with Crippen LogP contribution in [0.4, 0.5) is 10.1 Å². The van der Waals surface area contributed by atoms with E-state index in [1.165, 1.54) is 12.8 Å². The number of rotatable bonds is 10. The van der Waals surface area contributed by atoms with Gasteiger partial charge in [-0.3, -0.25) is 24.6 Å². The Kier molecular flexibility index (Phi) is 8.81. The minimum absolute atomic E-state index is 0.0545. The van der Waals surface area contributed by atoms with Gasteiger partial charge in [0.1, 0.15) is 11.4 Å². The van der Waals surface area contributed by atoms with Gasteiger partial charge in [0.05, 0.1) is 24.1 Å². The number of benzene rings is 2. The number of alkyl halides is 1. The van der Waals surface area contributed by atoms with E-state index in [1.54, 1.807) is 42.6 Å². The average Bonchev–Trinajstić information content (AvgIpc) is 3.81. The minimum Gasteiger partial charge on any atom is -0.384 e. The van der Waals surface area contributed by atoms with Gasteiger partial charge in [-0.15, -0.1) is 0 Å². The molecule has 11 nitrogen and oxygen atoms in total. The molecule has 2 saturated heterocycles. The molecule has 2 aromatic carbocycles. The van der Waals surface area contributed by atoms with Gasteiger partial charge in [-0.25, -0.2) is 14.4 Å². The standard InChI is InChI=1S/C39H41FN8O3/c1-51-25-38(37(50)44-30-9-10-32-31(22-30)35(46-45-32)28-11-17-41-33(21-28)26-3-4-26)12-18-47(24-38)23-34(49)48-19-13-39(40,14-20-48)29-7-5-27(6-8-29)36-42-15-2-16-43-36/h2,5-11,15-17,21-22,26H,3-4,12-14,18-20,23-25H2,1H3,(H,44,50)(H,45,46)/t38-/m1/s1. The molecule has 2 aliphatic heterocycles. The fourth-order valence-corrected chi connectivity index (χ4v) is 7.57. The molecule has 5 aromatic rings. The predicted octanol–water partition coefficient (Wildman–Crippen LogP) is 5.72. The lowest BCUT2D eigenvalue weighted by molar-refractivity contribution is -0.136. The van der Waals surface area contributed by atoms with E-state index in [2.05, 4.69) is 36.5 Å². The van der Waals surface area contributed by atoms with Crippen LogP contribution in [0.2, 0.25) is 0 Å². The Hall–Kier alpha value is -5.07. The van der Waals surface area contributed by atoms with Crippen molar-refractivity contribution < 1.29 is 18.7 Å². The van der Waals surface area contributed by atoms with Crippen LogP contribution >= 0.6 is 0 Å². The molecule has 3 fully saturated rings. The first-order valence-corrected chi connectivity index (χ1v) is 17.6. The van der Waals surface area contributed by atoms with Crippen LogP contribution in [-0.2, 0) is 20.0 Å². The number of methoxy groups -OCH3 is 1. The van der Waals surface area contributed by atoms with Gasteiger partial charge in [-0.1, -0.05) is 24.3 Å². The van der Waals surface area contributed by atoms with Gasteiger partial charge < -0.3 is 15.0 Å². The van der Waals surface area contributed by atoms with E-state index in [9.17, 15) is 9.59 Å². The molecule has 3 aliphatic rings. The smallest absolute Gasteiger partial charge is 0.236 e. The van der Waals surface area contributed by atoms with E-state index in [0.29, 0.717) is 55.6 Å². The number of piperidine rings is 1. The van der Waals surface area contributed by atoms with Gasteiger partial charge in [0, 0.05) is 92.0 Å². The lowest BCUT2D eigenvalue weighted by Crippen LogP contribution is -2.48. The van der Waals surface area contributed by atoms with E-state index < -0.39 is 11.1 Å². The number of nitrogens with one attached hydrogen (secondary N) is 2. The molecule has 0 unspecified atom stereocenters. The summed E-state index contributed by atoms with van der Waals surface area (Å²) in [7, 11) is 1.59. The van der Waals surface area contributed by atoms with Crippen LogP contribution in [-0.4, -0.2) is 93.2 Å². The quantitative estimate of drug-likeness (QED) is 0.191. The van der Waals surface area contributed by atoms with Gasteiger partial charge in [0.25, 0.3) is 0 Å². The molecule has 12 heteroatoms. The van der Waals surface area contributed by atoms with E-state index in [0.717, 1.165) is 33.4 Å². The zero-order valence-electron chi connectivity index (χ0n) is 28.6. The highest BCUT2D eigenvalue weighted by Crippen LogP contribution is 2.41. The van der Waals surface area contributed by atoms with Crippen molar-refractivity contribution in [2.24, 2.45) is 5.41 Å². The highest BCUT2D eigenvalue weighted by Gasteiger charge is 2.46.